The summed E-state index contributed by atoms with van der Waals surface area (Å²) < 4.78 is 36.1. The van der Waals surface area contributed by atoms with E-state index in [0.717, 1.165) is 19.3 Å². The van der Waals surface area contributed by atoms with Crippen LogP contribution in [0.4, 0.5) is 8.78 Å². The van der Waals surface area contributed by atoms with Crippen LogP contribution in [-0.2, 0) is 9.53 Å². The minimum Gasteiger partial charge on any atom is -0.462 e. The third-order valence-corrected chi connectivity index (χ3v) is 5.82. The van der Waals surface area contributed by atoms with Gasteiger partial charge in [0.2, 0.25) is 0 Å². The molecule has 1 atom stereocenters. The number of nitro groups is 1. The molecule has 2 rings (SSSR count). The molecule has 1 aliphatic heterocycles. The number of carbonyl (C=O) groups excluding carboxylic acids is 1. The van der Waals surface area contributed by atoms with Crippen molar-refractivity contribution < 1.29 is 28.0 Å². The maximum Gasteiger partial charge on any atom is 0.387 e. The Morgan fingerprint density at radius 3 is 2.29 bits per heavy atom. The fourth-order valence-electron chi connectivity index (χ4n) is 4.20. The molecular weight excluding hydrogens is 446 g/mol. The molecule has 0 fully saturated rings. The van der Waals surface area contributed by atoms with Crippen LogP contribution >= 0.6 is 0 Å². The number of allylic oxidation sites excluding steroid dienone is 3. The van der Waals surface area contributed by atoms with Crippen LogP contribution < -0.4 is 10.1 Å². The lowest BCUT2D eigenvalue weighted by atomic mass is 9.83. The van der Waals surface area contributed by atoms with Crippen LogP contribution in [0.3, 0.4) is 0 Å². The van der Waals surface area contributed by atoms with E-state index in [-0.39, 0.29) is 34.9 Å². The molecule has 0 aliphatic carbocycles. The van der Waals surface area contributed by atoms with Crippen molar-refractivity contribution in [2.75, 3.05) is 6.61 Å². The van der Waals surface area contributed by atoms with Gasteiger partial charge in [0.1, 0.15) is 11.7 Å². The average molecular weight is 481 g/mol. The number of alkyl halides is 2. The Bertz CT molecular complexity index is 914. The number of carbonyl (C=O) groups is 1. The average Bonchev–Trinajstić information content (AvgIpc) is 2.77. The summed E-state index contributed by atoms with van der Waals surface area (Å²) in [5, 5.41) is 14.8. The molecule has 1 aliphatic rings. The molecule has 1 aromatic rings. The van der Waals surface area contributed by atoms with Crippen molar-refractivity contribution in [1.29, 1.82) is 0 Å². The first kappa shape index (κ1) is 27.3. The summed E-state index contributed by atoms with van der Waals surface area (Å²) >= 11 is 0. The molecule has 0 saturated carbocycles. The number of hydrogen-bond acceptors (Lipinski definition) is 6. The van der Waals surface area contributed by atoms with E-state index in [1.54, 1.807) is 13.0 Å². The van der Waals surface area contributed by atoms with Crippen LogP contribution in [-0.4, -0.2) is 24.1 Å². The van der Waals surface area contributed by atoms with E-state index >= 15 is 0 Å². The smallest absolute Gasteiger partial charge is 0.387 e. The number of nitrogens with zero attached hydrogens (tertiary/aromatic N) is 1. The van der Waals surface area contributed by atoms with Gasteiger partial charge < -0.3 is 14.8 Å². The highest BCUT2D eigenvalue weighted by molar-refractivity contribution is 5.92. The van der Waals surface area contributed by atoms with Gasteiger partial charge in [-0.15, -0.1) is 0 Å². The zero-order valence-corrected chi connectivity index (χ0v) is 20.1. The summed E-state index contributed by atoms with van der Waals surface area (Å²) in [6.45, 7) is 2.36. The van der Waals surface area contributed by atoms with Crippen LogP contribution in [0.2, 0.25) is 0 Å². The first-order chi connectivity index (χ1) is 16.3. The molecular formula is C25H34F2N2O5. The standard InChI is InChI=1S/C25H34F2N2O5/c1-4-5-6-7-8-9-10-13-16-33-24(30)21-17(2)28-18(3)23(29(31)32)22(21)19-14-11-12-15-20(19)34-25(26)27/h11-12,14-15,22,25,28H,4-10,13,16H2,1-3H3. The minimum absolute atomic E-state index is 0.0159. The SMILES string of the molecule is CCCCCCCCCCOC(=O)C1=C(C)NC(C)=C([N+](=O)[O-])C1c1ccccc1OC(F)F. The summed E-state index contributed by atoms with van der Waals surface area (Å²) in [6, 6.07) is 5.79. The number of ether oxygens (including phenoxy) is 2. The quantitative estimate of drug-likeness (QED) is 0.143. The molecule has 0 amide bonds. The minimum atomic E-state index is -3.12. The monoisotopic (exact) mass is 480 g/mol. The predicted molar refractivity (Wildman–Crippen MR) is 125 cm³/mol. The Morgan fingerprint density at radius 2 is 1.68 bits per heavy atom. The van der Waals surface area contributed by atoms with E-state index in [4.69, 9.17) is 4.74 Å². The predicted octanol–water partition coefficient (Wildman–Crippen LogP) is 6.44. The van der Waals surface area contributed by atoms with E-state index in [1.807, 2.05) is 0 Å². The van der Waals surface area contributed by atoms with Gasteiger partial charge in [-0.1, -0.05) is 70.1 Å². The van der Waals surface area contributed by atoms with Gasteiger partial charge in [0.25, 0.3) is 5.70 Å². The van der Waals surface area contributed by atoms with Crippen molar-refractivity contribution in [3.8, 4) is 5.75 Å². The molecule has 1 heterocycles. The fourth-order valence-corrected chi connectivity index (χ4v) is 4.20. The van der Waals surface area contributed by atoms with Gasteiger partial charge in [-0.3, -0.25) is 10.1 Å². The van der Waals surface area contributed by atoms with Crippen molar-refractivity contribution in [2.45, 2.75) is 84.7 Å². The van der Waals surface area contributed by atoms with Crippen molar-refractivity contribution in [2.24, 2.45) is 0 Å². The van der Waals surface area contributed by atoms with Gasteiger partial charge in [0, 0.05) is 11.3 Å². The van der Waals surface area contributed by atoms with Crippen molar-refractivity contribution in [1.82, 2.24) is 5.32 Å². The molecule has 9 heteroatoms. The number of halogens is 2. The highest BCUT2D eigenvalue weighted by Gasteiger charge is 2.42. The largest absolute Gasteiger partial charge is 0.462 e. The zero-order chi connectivity index (χ0) is 25.1. The van der Waals surface area contributed by atoms with E-state index in [9.17, 15) is 23.7 Å². The summed E-state index contributed by atoms with van der Waals surface area (Å²) in [5.41, 5.74) is 0.408. The molecule has 0 saturated heterocycles. The Balaban J connectivity index is 2.17. The fraction of sp³-hybridized carbons (Fsp3) is 0.560. The summed E-state index contributed by atoms with van der Waals surface area (Å²) in [6.07, 6.45) is 8.67. The molecule has 0 aromatic heterocycles. The second-order valence-corrected chi connectivity index (χ2v) is 8.39. The topological polar surface area (TPSA) is 90.7 Å². The van der Waals surface area contributed by atoms with Gasteiger partial charge in [-0.2, -0.15) is 8.78 Å². The lowest BCUT2D eigenvalue weighted by Gasteiger charge is -2.27. The van der Waals surface area contributed by atoms with Gasteiger partial charge in [-0.25, -0.2) is 4.79 Å². The van der Waals surface area contributed by atoms with E-state index in [0.29, 0.717) is 12.1 Å². The zero-order valence-electron chi connectivity index (χ0n) is 20.1. The van der Waals surface area contributed by atoms with Gasteiger partial charge >= 0.3 is 12.6 Å². The van der Waals surface area contributed by atoms with Crippen LogP contribution in [0.5, 0.6) is 5.75 Å². The molecule has 1 unspecified atom stereocenters. The highest BCUT2D eigenvalue weighted by Crippen LogP contribution is 2.42. The first-order valence-corrected chi connectivity index (χ1v) is 11.8. The van der Waals surface area contributed by atoms with Crippen molar-refractivity contribution in [3.05, 3.63) is 62.6 Å². The molecule has 0 spiro atoms. The Hall–Kier alpha value is -2.97. The normalized spacial score (nSPS) is 16.0. The number of dihydropyridines is 1. The number of unbranched alkanes of at least 4 members (excludes halogenated alkanes) is 7. The lowest BCUT2D eigenvalue weighted by Crippen LogP contribution is -2.32. The van der Waals surface area contributed by atoms with E-state index in [2.05, 4.69) is 17.0 Å². The number of benzene rings is 1. The number of rotatable bonds is 14. The molecule has 34 heavy (non-hydrogen) atoms. The number of para-hydroxylation sites is 1. The molecule has 1 N–H and O–H groups in total. The maximum absolute atomic E-state index is 13.1. The number of esters is 1. The summed E-state index contributed by atoms with van der Waals surface area (Å²) in [7, 11) is 0. The molecule has 7 nitrogen and oxygen atoms in total. The first-order valence-electron chi connectivity index (χ1n) is 11.8. The van der Waals surface area contributed by atoms with Gasteiger partial charge in [0.15, 0.2) is 0 Å². The second-order valence-electron chi connectivity index (χ2n) is 8.39. The second kappa shape index (κ2) is 13.7. The maximum atomic E-state index is 13.1. The molecule has 1 aromatic carbocycles. The molecule has 188 valence electrons. The van der Waals surface area contributed by atoms with Gasteiger partial charge in [0.05, 0.1) is 22.8 Å². The third kappa shape index (κ3) is 7.53. The third-order valence-electron chi connectivity index (χ3n) is 5.82. The van der Waals surface area contributed by atoms with E-state index < -0.39 is 23.4 Å². The molecule has 0 radical (unpaired) electrons. The lowest BCUT2D eigenvalue weighted by molar-refractivity contribution is -0.431. The summed E-state index contributed by atoms with van der Waals surface area (Å²) in [4.78, 5) is 24.4. The number of hydrogen-bond donors (Lipinski definition) is 1. The van der Waals surface area contributed by atoms with Crippen LogP contribution in [0.15, 0.2) is 46.9 Å². The van der Waals surface area contributed by atoms with Crippen molar-refractivity contribution in [3.63, 3.8) is 0 Å². The van der Waals surface area contributed by atoms with Crippen LogP contribution in [0.25, 0.3) is 0 Å². The summed E-state index contributed by atoms with van der Waals surface area (Å²) in [5.74, 6) is -2.15. The van der Waals surface area contributed by atoms with Crippen LogP contribution in [0.1, 0.15) is 83.6 Å². The number of nitrogens with one attached hydrogen (secondary N) is 1. The van der Waals surface area contributed by atoms with E-state index in [1.165, 1.54) is 50.8 Å². The highest BCUT2D eigenvalue weighted by atomic mass is 19.3. The van der Waals surface area contributed by atoms with Crippen molar-refractivity contribution >= 4 is 5.97 Å². The van der Waals surface area contributed by atoms with Gasteiger partial charge in [-0.05, 0) is 26.3 Å². The molecule has 0 bridgehead atoms. The Morgan fingerprint density at radius 1 is 1.06 bits per heavy atom. The Kier molecular flexibility index (Phi) is 11.0. The van der Waals surface area contributed by atoms with Crippen LogP contribution in [0, 0.1) is 10.1 Å². The Labute approximate surface area is 199 Å².